The lowest BCUT2D eigenvalue weighted by molar-refractivity contribution is -0.410. The van der Waals surface area contributed by atoms with E-state index in [9.17, 15) is 31.9 Å². The Labute approximate surface area is 118 Å². The summed E-state index contributed by atoms with van der Waals surface area (Å²) in [5.41, 5.74) is -2.85. The molecule has 1 aliphatic rings. The van der Waals surface area contributed by atoms with Gasteiger partial charge in [0.05, 0.1) is 12.5 Å². The van der Waals surface area contributed by atoms with Crippen LogP contribution in [-0.2, 0) is 14.3 Å². The summed E-state index contributed by atoms with van der Waals surface area (Å²) >= 11 is 0. The molecule has 21 heavy (non-hydrogen) atoms. The summed E-state index contributed by atoms with van der Waals surface area (Å²) in [4.78, 5) is 11.7. The van der Waals surface area contributed by atoms with Crippen LogP contribution in [0.4, 0.5) is 22.0 Å². The van der Waals surface area contributed by atoms with E-state index in [-0.39, 0.29) is 6.42 Å². The minimum absolute atomic E-state index is 0.272. The SMILES string of the molecule is CCC(C)C(=O)OC1(CC)COC(O)(C(F)(F)F)C1(F)F. The number of esters is 1. The number of ether oxygens (including phenoxy) is 2. The maximum Gasteiger partial charge on any atom is 0.449 e. The topological polar surface area (TPSA) is 55.8 Å². The molecule has 1 heterocycles. The minimum atomic E-state index is -5.73. The Hall–Kier alpha value is -0.960. The second-order valence-corrected chi connectivity index (χ2v) is 5.08. The number of rotatable bonds is 4. The highest BCUT2D eigenvalue weighted by Gasteiger charge is 2.83. The highest BCUT2D eigenvalue weighted by Crippen LogP contribution is 2.55. The summed E-state index contributed by atoms with van der Waals surface area (Å²) in [5, 5.41) is 9.24. The summed E-state index contributed by atoms with van der Waals surface area (Å²) in [6, 6.07) is 0. The van der Waals surface area contributed by atoms with Crippen LogP contribution in [0.1, 0.15) is 33.6 Å². The number of alkyl halides is 5. The molecule has 3 atom stereocenters. The molecule has 124 valence electrons. The summed E-state index contributed by atoms with van der Waals surface area (Å²) < 4.78 is 75.0. The van der Waals surface area contributed by atoms with Crippen molar-refractivity contribution in [3.05, 3.63) is 0 Å². The maximum absolute atomic E-state index is 14.2. The lowest BCUT2D eigenvalue weighted by atomic mass is 9.89. The number of carbonyl (C=O) groups excluding carboxylic acids is 1. The zero-order valence-corrected chi connectivity index (χ0v) is 11.8. The molecule has 1 rings (SSSR count). The Morgan fingerprint density at radius 3 is 2.24 bits per heavy atom. The Bertz CT molecular complexity index is 411. The molecule has 1 aliphatic heterocycles. The van der Waals surface area contributed by atoms with Crippen LogP contribution in [0.25, 0.3) is 0 Å². The molecular formula is C12H17F5O4. The van der Waals surface area contributed by atoms with Gasteiger partial charge in [-0.25, -0.2) is 0 Å². The lowest BCUT2D eigenvalue weighted by Crippen LogP contribution is -2.64. The predicted molar refractivity (Wildman–Crippen MR) is 60.5 cm³/mol. The Morgan fingerprint density at radius 2 is 1.90 bits per heavy atom. The molecule has 0 saturated carbocycles. The van der Waals surface area contributed by atoms with Crippen molar-refractivity contribution in [2.75, 3.05) is 6.61 Å². The van der Waals surface area contributed by atoms with E-state index in [0.717, 1.165) is 6.92 Å². The summed E-state index contributed by atoms with van der Waals surface area (Å²) in [5.74, 6) is -11.3. The quantitative estimate of drug-likeness (QED) is 0.639. The van der Waals surface area contributed by atoms with E-state index in [1.54, 1.807) is 6.92 Å². The molecule has 0 aromatic rings. The van der Waals surface area contributed by atoms with E-state index in [1.807, 2.05) is 0 Å². The molecule has 1 fully saturated rings. The van der Waals surface area contributed by atoms with Crippen molar-refractivity contribution >= 4 is 5.97 Å². The lowest BCUT2D eigenvalue weighted by Gasteiger charge is -2.37. The van der Waals surface area contributed by atoms with Crippen molar-refractivity contribution in [2.24, 2.45) is 5.92 Å². The van der Waals surface area contributed by atoms with Crippen LogP contribution in [0.5, 0.6) is 0 Å². The third-order valence-electron chi connectivity index (χ3n) is 3.78. The molecule has 1 N–H and O–H groups in total. The monoisotopic (exact) mass is 320 g/mol. The van der Waals surface area contributed by atoms with Crippen LogP contribution in [0.15, 0.2) is 0 Å². The summed E-state index contributed by atoms with van der Waals surface area (Å²) in [6.45, 7) is 2.88. The second-order valence-electron chi connectivity index (χ2n) is 5.08. The summed E-state index contributed by atoms with van der Waals surface area (Å²) in [7, 11) is 0. The van der Waals surface area contributed by atoms with Gasteiger partial charge >= 0.3 is 23.9 Å². The van der Waals surface area contributed by atoms with Gasteiger partial charge in [0.1, 0.15) is 0 Å². The number of hydrogen-bond donors (Lipinski definition) is 1. The first kappa shape index (κ1) is 18.1. The highest BCUT2D eigenvalue weighted by atomic mass is 19.4. The zero-order chi connectivity index (χ0) is 16.7. The molecule has 9 heteroatoms. The van der Waals surface area contributed by atoms with Gasteiger partial charge in [-0.05, 0) is 12.8 Å². The van der Waals surface area contributed by atoms with Crippen LogP contribution in [-0.4, -0.2) is 41.2 Å². The van der Waals surface area contributed by atoms with Crippen molar-refractivity contribution in [1.82, 2.24) is 0 Å². The number of carbonyl (C=O) groups is 1. The van der Waals surface area contributed by atoms with Crippen molar-refractivity contribution in [1.29, 1.82) is 0 Å². The Balaban J connectivity index is 3.18. The van der Waals surface area contributed by atoms with Crippen molar-refractivity contribution in [2.45, 2.75) is 57.1 Å². The van der Waals surface area contributed by atoms with Crippen LogP contribution in [0.3, 0.4) is 0 Å². The molecule has 0 radical (unpaired) electrons. The first-order chi connectivity index (χ1) is 9.38. The molecule has 1 saturated heterocycles. The predicted octanol–water partition coefficient (Wildman–Crippen LogP) is 2.64. The first-order valence-corrected chi connectivity index (χ1v) is 6.42. The Morgan fingerprint density at radius 1 is 1.38 bits per heavy atom. The van der Waals surface area contributed by atoms with E-state index in [1.165, 1.54) is 6.92 Å². The normalized spacial score (nSPS) is 33.8. The van der Waals surface area contributed by atoms with Gasteiger partial charge in [-0.2, -0.15) is 22.0 Å². The molecule has 4 nitrogen and oxygen atoms in total. The van der Waals surface area contributed by atoms with Crippen LogP contribution >= 0.6 is 0 Å². The molecule has 3 unspecified atom stereocenters. The molecule has 0 bridgehead atoms. The minimum Gasteiger partial charge on any atom is -0.450 e. The zero-order valence-electron chi connectivity index (χ0n) is 11.8. The van der Waals surface area contributed by atoms with Gasteiger partial charge in [-0.15, -0.1) is 0 Å². The Kier molecular flexibility index (Phi) is 4.61. The number of halogens is 5. The van der Waals surface area contributed by atoms with Crippen LogP contribution in [0, 0.1) is 5.92 Å². The fraction of sp³-hybridized carbons (Fsp3) is 0.917. The van der Waals surface area contributed by atoms with Gasteiger partial charge in [0, 0.05) is 0 Å². The van der Waals surface area contributed by atoms with E-state index < -0.39 is 48.4 Å². The fourth-order valence-electron chi connectivity index (χ4n) is 1.92. The largest absolute Gasteiger partial charge is 0.450 e. The van der Waals surface area contributed by atoms with E-state index in [4.69, 9.17) is 0 Å². The molecule has 0 spiro atoms. The number of aliphatic hydroxyl groups is 1. The van der Waals surface area contributed by atoms with Crippen molar-refractivity contribution < 1.29 is 41.3 Å². The third-order valence-corrected chi connectivity index (χ3v) is 3.78. The van der Waals surface area contributed by atoms with Crippen molar-refractivity contribution in [3.8, 4) is 0 Å². The van der Waals surface area contributed by atoms with Gasteiger partial charge in [0.2, 0.25) is 5.60 Å². The van der Waals surface area contributed by atoms with Gasteiger partial charge in [0.25, 0.3) is 0 Å². The summed E-state index contributed by atoms with van der Waals surface area (Å²) in [6.07, 6.45) is -6.09. The van der Waals surface area contributed by atoms with Crippen LogP contribution in [0.2, 0.25) is 0 Å². The first-order valence-electron chi connectivity index (χ1n) is 6.42. The fourth-order valence-corrected chi connectivity index (χ4v) is 1.92. The van der Waals surface area contributed by atoms with E-state index >= 15 is 0 Å². The molecule has 0 aliphatic carbocycles. The second kappa shape index (κ2) is 5.35. The van der Waals surface area contributed by atoms with Gasteiger partial charge in [0.15, 0.2) is 0 Å². The molecule has 0 aromatic carbocycles. The maximum atomic E-state index is 14.2. The standard InChI is InChI=1S/C12H17F5O4/c1-4-7(3)8(18)21-9(5-2)6-20-11(19,10(9,13)14)12(15,16)17/h7,19H,4-6H2,1-3H3. The highest BCUT2D eigenvalue weighted by molar-refractivity contribution is 5.72. The molecular weight excluding hydrogens is 303 g/mol. The van der Waals surface area contributed by atoms with Gasteiger partial charge in [-0.1, -0.05) is 20.8 Å². The van der Waals surface area contributed by atoms with Crippen molar-refractivity contribution in [3.63, 3.8) is 0 Å². The van der Waals surface area contributed by atoms with E-state index in [2.05, 4.69) is 9.47 Å². The third kappa shape index (κ3) is 2.50. The van der Waals surface area contributed by atoms with Gasteiger partial charge in [-0.3, -0.25) is 4.79 Å². The average Bonchev–Trinajstić information content (AvgIpc) is 2.59. The molecule has 0 aromatic heterocycles. The molecule has 0 amide bonds. The van der Waals surface area contributed by atoms with E-state index in [0.29, 0.717) is 0 Å². The van der Waals surface area contributed by atoms with Gasteiger partial charge < -0.3 is 14.6 Å². The average molecular weight is 320 g/mol. The number of hydrogen-bond acceptors (Lipinski definition) is 4. The smallest absolute Gasteiger partial charge is 0.449 e. The van der Waals surface area contributed by atoms with Crippen LogP contribution < -0.4 is 0 Å².